The molecule has 4 heteroatoms. The molecule has 0 bridgehead atoms. The zero-order valence-corrected chi connectivity index (χ0v) is 7.86. The van der Waals surface area contributed by atoms with Crippen molar-refractivity contribution in [1.82, 2.24) is 0 Å². The monoisotopic (exact) mass is 196 g/mol. The Hall–Kier alpha value is -1.55. The summed E-state index contributed by atoms with van der Waals surface area (Å²) < 4.78 is 4.49. The topological polar surface area (TPSA) is 66.8 Å². The number of methoxy groups -OCH3 is 1. The number of carbonyl (C=O) groups excluding carboxylic acids is 1. The van der Waals surface area contributed by atoms with E-state index in [4.69, 9.17) is 5.11 Å². The number of aliphatic hydroxyl groups is 1. The summed E-state index contributed by atoms with van der Waals surface area (Å²) >= 11 is 0. The summed E-state index contributed by atoms with van der Waals surface area (Å²) in [7, 11) is 1.32. The fraction of sp³-hybridized carbons (Fsp3) is 0.300. The Labute approximate surface area is 81.8 Å². The van der Waals surface area contributed by atoms with Crippen LogP contribution in [0.1, 0.15) is 11.1 Å². The van der Waals surface area contributed by atoms with Gasteiger partial charge >= 0.3 is 5.97 Å². The van der Waals surface area contributed by atoms with E-state index in [1.165, 1.54) is 13.2 Å². The van der Waals surface area contributed by atoms with E-state index in [-0.39, 0.29) is 24.7 Å². The van der Waals surface area contributed by atoms with Crippen molar-refractivity contribution in [3.63, 3.8) is 0 Å². The molecule has 0 saturated carbocycles. The van der Waals surface area contributed by atoms with Crippen LogP contribution in [0.4, 0.5) is 0 Å². The molecule has 76 valence electrons. The molecule has 0 aromatic heterocycles. The van der Waals surface area contributed by atoms with E-state index in [2.05, 4.69) is 4.74 Å². The average molecular weight is 196 g/mol. The molecule has 4 nitrogen and oxygen atoms in total. The van der Waals surface area contributed by atoms with Crippen LogP contribution in [0.5, 0.6) is 5.75 Å². The zero-order chi connectivity index (χ0) is 10.6. The number of phenols is 1. The largest absolute Gasteiger partial charge is 0.508 e. The lowest BCUT2D eigenvalue weighted by Crippen LogP contribution is -2.04. The van der Waals surface area contributed by atoms with Gasteiger partial charge in [0, 0.05) is 5.56 Å². The predicted molar refractivity (Wildman–Crippen MR) is 49.7 cm³/mol. The first kappa shape index (κ1) is 10.5. The summed E-state index contributed by atoms with van der Waals surface area (Å²) in [6, 6.07) is 4.64. The number of aromatic hydroxyl groups is 1. The number of rotatable bonds is 3. The average Bonchev–Trinajstić information content (AvgIpc) is 2.20. The molecule has 1 rings (SSSR count). The van der Waals surface area contributed by atoms with E-state index >= 15 is 0 Å². The van der Waals surface area contributed by atoms with Gasteiger partial charge in [-0.15, -0.1) is 0 Å². The van der Waals surface area contributed by atoms with E-state index in [1.807, 2.05) is 0 Å². The molecule has 0 unspecified atom stereocenters. The lowest BCUT2D eigenvalue weighted by Gasteiger charge is -2.04. The van der Waals surface area contributed by atoms with Gasteiger partial charge in [0.15, 0.2) is 0 Å². The summed E-state index contributed by atoms with van der Waals surface area (Å²) in [5, 5.41) is 18.1. The lowest BCUT2D eigenvalue weighted by atomic mass is 10.1. The minimum absolute atomic E-state index is 0.0288. The molecule has 0 fully saturated rings. The molecule has 0 amide bonds. The first-order valence-electron chi connectivity index (χ1n) is 4.16. The van der Waals surface area contributed by atoms with Gasteiger partial charge in [-0.1, -0.05) is 6.07 Å². The molecule has 0 atom stereocenters. The second-order valence-corrected chi connectivity index (χ2v) is 2.87. The van der Waals surface area contributed by atoms with Gasteiger partial charge in [-0.25, -0.2) is 0 Å². The highest BCUT2D eigenvalue weighted by Gasteiger charge is 2.05. The van der Waals surface area contributed by atoms with Crippen molar-refractivity contribution in [2.24, 2.45) is 0 Å². The molecule has 0 aliphatic rings. The van der Waals surface area contributed by atoms with Crippen molar-refractivity contribution in [2.75, 3.05) is 7.11 Å². The van der Waals surface area contributed by atoms with Crippen LogP contribution in [0, 0.1) is 0 Å². The summed E-state index contributed by atoms with van der Waals surface area (Å²) in [4.78, 5) is 10.9. The molecule has 14 heavy (non-hydrogen) atoms. The van der Waals surface area contributed by atoms with Crippen molar-refractivity contribution in [2.45, 2.75) is 13.0 Å². The molecule has 2 N–H and O–H groups in total. The van der Waals surface area contributed by atoms with Crippen LogP contribution in [-0.4, -0.2) is 23.3 Å². The Bertz CT molecular complexity index is 333. The number of carbonyl (C=O) groups is 1. The van der Waals surface area contributed by atoms with Crippen LogP contribution in [0.15, 0.2) is 18.2 Å². The molecular weight excluding hydrogens is 184 g/mol. The van der Waals surface area contributed by atoms with Crippen LogP contribution in [-0.2, 0) is 22.6 Å². The molecule has 0 spiro atoms. The van der Waals surface area contributed by atoms with E-state index in [0.29, 0.717) is 11.1 Å². The molecule has 0 heterocycles. The Balaban J connectivity index is 2.84. The second kappa shape index (κ2) is 4.62. The SMILES string of the molecule is COC(=O)Cc1ccc(O)c(CO)c1. The molecule has 0 aliphatic heterocycles. The van der Waals surface area contributed by atoms with Crippen LogP contribution >= 0.6 is 0 Å². The minimum Gasteiger partial charge on any atom is -0.508 e. The maximum Gasteiger partial charge on any atom is 0.309 e. The smallest absolute Gasteiger partial charge is 0.309 e. The lowest BCUT2D eigenvalue weighted by molar-refractivity contribution is -0.139. The zero-order valence-electron chi connectivity index (χ0n) is 7.86. The quantitative estimate of drug-likeness (QED) is 0.695. The maximum atomic E-state index is 10.9. The molecule has 1 aromatic rings. The van der Waals surface area contributed by atoms with Gasteiger partial charge < -0.3 is 14.9 Å². The van der Waals surface area contributed by atoms with Crippen molar-refractivity contribution < 1.29 is 19.7 Å². The van der Waals surface area contributed by atoms with Gasteiger partial charge in [0.1, 0.15) is 5.75 Å². The number of esters is 1. The molecule has 1 aromatic carbocycles. The number of aliphatic hydroxyl groups excluding tert-OH is 1. The van der Waals surface area contributed by atoms with Gasteiger partial charge in [0.05, 0.1) is 20.1 Å². The van der Waals surface area contributed by atoms with E-state index in [0.717, 1.165) is 0 Å². The fourth-order valence-electron chi connectivity index (χ4n) is 1.11. The van der Waals surface area contributed by atoms with E-state index in [9.17, 15) is 9.90 Å². The first-order valence-corrected chi connectivity index (χ1v) is 4.16. The Morgan fingerprint density at radius 2 is 2.21 bits per heavy atom. The Morgan fingerprint density at radius 3 is 2.79 bits per heavy atom. The summed E-state index contributed by atoms with van der Waals surface area (Å²) in [5.41, 5.74) is 1.12. The highest BCUT2D eigenvalue weighted by atomic mass is 16.5. The van der Waals surface area contributed by atoms with E-state index in [1.54, 1.807) is 12.1 Å². The summed E-state index contributed by atoms with van der Waals surface area (Å²) in [6.45, 7) is -0.249. The fourth-order valence-corrected chi connectivity index (χ4v) is 1.11. The normalized spacial score (nSPS) is 9.86. The van der Waals surface area contributed by atoms with Crippen molar-refractivity contribution in [3.05, 3.63) is 29.3 Å². The number of benzene rings is 1. The summed E-state index contributed by atoms with van der Waals surface area (Å²) in [6.07, 6.45) is 0.143. The van der Waals surface area contributed by atoms with Crippen molar-refractivity contribution in [1.29, 1.82) is 0 Å². The van der Waals surface area contributed by atoms with Crippen LogP contribution in [0.25, 0.3) is 0 Å². The maximum absolute atomic E-state index is 10.9. The van der Waals surface area contributed by atoms with Crippen LogP contribution < -0.4 is 0 Å². The highest BCUT2D eigenvalue weighted by molar-refractivity contribution is 5.72. The van der Waals surface area contributed by atoms with Gasteiger partial charge in [-0.05, 0) is 17.7 Å². The number of hydrogen-bond acceptors (Lipinski definition) is 4. The number of ether oxygens (including phenoxy) is 1. The molecular formula is C10H12O4. The molecule has 0 aliphatic carbocycles. The minimum atomic E-state index is -0.348. The van der Waals surface area contributed by atoms with Crippen molar-refractivity contribution >= 4 is 5.97 Å². The third-order valence-corrected chi connectivity index (χ3v) is 1.89. The second-order valence-electron chi connectivity index (χ2n) is 2.87. The third kappa shape index (κ3) is 2.47. The van der Waals surface area contributed by atoms with Gasteiger partial charge in [0.25, 0.3) is 0 Å². The third-order valence-electron chi connectivity index (χ3n) is 1.89. The predicted octanol–water partition coefficient (Wildman–Crippen LogP) is 0.600. The van der Waals surface area contributed by atoms with E-state index < -0.39 is 0 Å². The Kier molecular flexibility index (Phi) is 3.48. The number of hydrogen-bond donors (Lipinski definition) is 2. The standard InChI is InChI=1S/C10H12O4/c1-14-10(13)5-7-2-3-9(12)8(4-7)6-11/h2-4,11-12H,5-6H2,1H3. The van der Waals surface area contributed by atoms with Gasteiger partial charge in [0.2, 0.25) is 0 Å². The van der Waals surface area contributed by atoms with Crippen LogP contribution in [0.3, 0.4) is 0 Å². The Morgan fingerprint density at radius 1 is 1.50 bits per heavy atom. The molecule has 0 saturated heterocycles. The summed E-state index contributed by atoms with van der Waals surface area (Å²) in [5.74, 6) is -0.319. The first-order chi connectivity index (χ1) is 6.67. The van der Waals surface area contributed by atoms with Crippen LogP contribution in [0.2, 0.25) is 0 Å². The van der Waals surface area contributed by atoms with Gasteiger partial charge in [-0.3, -0.25) is 4.79 Å². The van der Waals surface area contributed by atoms with Gasteiger partial charge in [-0.2, -0.15) is 0 Å². The van der Waals surface area contributed by atoms with Crippen molar-refractivity contribution in [3.8, 4) is 5.75 Å². The highest BCUT2D eigenvalue weighted by Crippen LogP contribution is 2.18. The molecule has 0 radical (unpaired) electrons.